The summed E-state index contributed by atoms with van der Waals surface area (Å²) in [6.45, 7) is 3.09. The second-order valence-electron chi connectivity index (χ2n) is 16.2. The van der Waals surface area contributed by atoms with E-state index < -0.39 is 170 Å². The summed E-state index contributed by atoms with van der Waals surface area (Å²) in [7, 11) is 0. The van der Waals surface area contributed by atoms with Crippen molar-refractivity contribution in [2.75, 3.05) is 0 Å². The summed E-state index contributed by atoms with van der Waals surface area (Å²) in [5, 5.41) is 39.6. The maximum absolute atomic E-state index is 15.2. The summed E-state index contributed by atoms with van der Waals surface area (Å²) in [6, 6.07) is 9.77. The molecule has 46 heteroatoms. The predicted octanol–water partition coefficient (Wildman–Crippen LogP) is 9.81. The molecule has 6 rings (SSSR count). The molecule has 2 atom stereocenters. The van der Waals surface area contributed by atoms with E-state index in [4.69, 9.17) is 0 Å². The van der Waals surface area contributed by atoms with Crippen LogP contribution < -0.4 is 20.4 Å². The number of pyridine rings is 2. The van der Waals surface area contributed by atoms with Gasteiger partial charge in [-0.1, -0.05) is 35.7 Å². The van der Waals surface area contributed by atoms with E-state index in [1.807, 2.05) is 0 Å². The van der Waals surface area contributed by atoms with Crippen molar-refractivity contribution in [3.63, 3.8) is 0 Å². The van der Waals surface area contributed by atoms with Crippen LogP contribution in [0.4, 0.5) is 132 Å². The summed E-state index contributed by atoms with van der Waals surface area (Å²) < 4.78 is 359. The topological polar surface area (TPSA) is 211 Å². The summed E-state index contributed by atoms with van der Waals surface area (Å²) in [6.07, 6.45) is -44.8. The predicted molar refractivity (Wildman–Crippen MR) is 223 cm³/mol. The second kappa shape index (κ2) is 28.0. The first kappa shape index (κ1) is 82.6. The molecule has 2 aromatic heterocycles. The van der Waals surface area contributed by atoms with Gasteiger partial charge in [0.25, 0.3) is 23.1 Å². The van der Waals surface area contributed by atoms with Gasteiger partial charge in [0.05, 0.1) is 43.4 Å². The van der Waals surface area contributed by atoms with E-state index >= 15 is 17.6 Å². The molecular formula is C43H18Cu2F30N4O8S2. The van der Waals surface area contributed by atoms with Crippen LogP contribution in [0.2, 0.25) is 0 Å². The number of hydrogen-bond acceptors (Lipinski definition) is 14. The molecule has 2 aromatic rings. The van der Waals surface area contributed by atoms with Crippen LogP contribution in [-0.2, 0) is 53.3 Å². The van der Waals surface area contributed by atoms with Crippen LogP contribution in [0.15, 0.2) is 129 Å². The minimum atomic E-state index is -5.65. The van der Waals surface area contributed by atoms with Gasteiger partial charge in [0.2, 0.25) is 0 Å². The van der Waals surface area contributed by atoms with Gasteiger partial charge in [-0.25, -0.2) is 9.98 Å². The first-order valence-electron chi connectivity index (χ1n) is 20.9. The molecule has 0 aromatic carbocycles. The Hall–Kier alpha value is -6.40. The quantitative estimate of drug-likeness (QED) is 0.115. The van der Waals surface area contributed by atoms with E-state index in [-0.39, 0.29) is 44.2 Å². The molecule has 0 N–H and O–H groups in total. The molecule has 0 unspecified atom stereocenters. The Morgan fingerprint density at radius 1 is 0.393 bits per heavy atom. The molecule has 4 heterocycles. The van der Waals surface area contributed by atoms with Crippen LogP contribution in [0.25, 0.3) is 0 Å². The van der Waals surface area contributed by atoms with E-state index in [2.05, 4.69) is 20.0 Å². The Morgan fingerprint density at radius 2 is 0.607 bits per heavy atom. The SMILES string of the molecule is C[C@@]12SC(c3ccccn3)=NC1=C1C(=C3N=C(c4ccccn4)S[C@]32C)C(F)(F)C(F)(F)C1(F)F.O=C(/C=C(\[O-])C(F)(F)F)C(F)(F)F.O=C(/C=C(\[O-])C(F)(F)F)C(F)(F)F.O=C(/C=C(\[O-])C(F)(F)F)C(F)(F)F.O=C(/C=C(\[O-])C(F)(F)F)C(F)(F)F.[Cu+2].[Cu+2]. The number of rotatable bonds is 6. The summed E-state index contributed by atoms with van der Waals surface area (Å²) in [5.74, 6) is -38.6. The zero-order valence-corrected chi connectivity index (χ0v) is 44.8. The molecule has 2 aliphatic carbocycles. The fourth-order valence-electron chi connectivity index (χ4n) is 5.87. The molecule has 0 saturated heterocycles. The number of aliphatic imine (C=N–C) groups is 2. The van der Waals surface area contributed by atoms with Crippen molar-refractivity contribution in [2.24, 2.45) is 9.98 Å². The number of aromatic nitrogens is 2. The van der Waals surface area contributed by atoms with Crippen molar-refractivity contribution in [2.45, 2.75) is 90.5 Å². The van der Waals surface area contributed by atoms with Gasteiger partial charge < -0.3 is 20.4 Å². The monoisotopic (exact) mass is 1480 g/mol. The Bertz CT molecular complexity index is 2900. The zero-order chi connectivity index (χ0) is 68.5. The summed E-state index contributed by atoms with van der Waals surface area (Å²) >= 11 is 2.06. The Labute approximate surface area is 501 Å². The number of thioether (sulfide) groups is 2. The van der Waals surface area contributed by atoms with Gasteiger partial charge in [0, 0.05) is 12.4 Å². The van der Waals surface area contributed by atoms with Gasteiger partial charge in [-0.2, -0.15) is 132 Å². The fourth-order valence-corrected chi connectivity index (χ4v) is 8.69. The number of nitrogens with zero attached hydrogens (tertiary/aromatic N) is 4. The number of alkyl halides is 30. The van der Waals surface area contributed by atoms with E-state index in [0.29, 0.717) is 11.4 Å². The number of ketones is 4. The van der Waals surface area contributed by atoms with Crippen molar-refractivity contribution < 1.29 is 205 Å². The number of allylic oxidation sites excluding steroid dienone is 10. The normalized spacial score (nSPS) is 20.9. The molecule has 1 saturated carbocycles. The molecule has 4 aliphatic rings. The van der Waals surface area contributed by atoms with Gasteiger partial charge in [-0.15, -0.1) is 0 Å². The first-order chi connectivity index (χ1) is 38.6. The number of halogens is 30. The maximum atomic E-state index is 15.2. The Kier molecular flexibility index (Phi) is 26.0. The van der Waals surface area contributed by atoms with Crippen LogP contribution >= 0.6 is 23.5 Å². The van der Waals surface area contributed by atoms with E-state index in [1.165, 1.54) is 12.4 Å². The molecule has 2 aliphatic heterocycles. The Balaban J connectivity index is 0.00000121. The maximum Gasteiger partial charge on any atom is 2.00 e. The van der Waals surface area contributed by atoms with Crippen LogP contribution in [0.5, 0.6) is 0 Å². The van der Waals surface area contributed by atoms with Gasteiger partial charge in [0.1, 0.15) is 10.1 Å². The third-order valence-corrected chi connectivity index (χ3v) is 13.2. The first-order valence-corrected chi connectivity index (χ1v) is 22.5. The third-order valence-electron chi connectivity index (χ3n) is 10.0. The van der Waals surface area contributed by atoms with Gasteiger partial charge in [0.15, 0.2) is 0 Å². The second-order valence-corrected chi connectivity index (χ2v) is 19.0. The fraction of sp³-hybridized carbons (Fsp3) is 0.349. The number of carbonyl (C=O) groups is 4. The standard InChI is InChI=1S/C23H14F6N4S2.4C5H2F6O2.2Cu/c1-19-15(32-17(34-19)11-7-3-5-9-30-11)13-14(22(26,27)23(28,29)21(13,24)25)16-20(19,2)35-18(33-16)12-8-4-6-10-31-12;4*6-4(7,8)2(12)1-3(13)5(9,10)11;;/h3-10H,1-2H3;4*1,12H;;/q;;;;;2*+2/p-4/b;4*2-1-;;/t19-,20-;;;;;;/m1....../s1. The van der Waals surface area contributed by atoms with Crippen LogP contribution in [0.3, 0.4) is 0 Å². The minimum Gasteiger partial charge on any atom is -0.869 e. The van der Waals surface area contributed by atoms with Crippen molar-refractivity contribution in [1.82, 2.24) is 9.97 Å². The summed E-state index contributed by atoms with van der Waals surface area (Å²) in [4.78, 5) is 56.2. The van der Waals surface area contributed by atoms with E-state index in [9.17, 15) is 154 Å². The van der Waals surface area contributed by atoms with Crippen LogP contribution in [-0.4, -0.2) is 120 Å². The zero-order valence-electron chi connectivity index (χ0n) is 41.2. The number of hydrogen-bond donors (Lipinski definition) is 0. The van der Waals surface area contributed by atoms with Gasteiger partial charge in [-0.05, 0) is 85.5 Å². The number of carbonyl (C=O) groups excluding carboxylic acids is 4. The molecule has 0 bridgehead atoms. The van der Waals surface area contributed by atoms with Crippen molar-refractivity contribution in [1.29, 1.82) is 0 Å². The average molecular weight is 1480 g/mol. The molecule has 0 spiro atoms. The van der Waals surface area contributed by atoms with E-state index in [0.717, 1.165) is 23.5 Å². The smallest absolute Gasteiger partial charge is 0.869 e. The molecule has 2 radical (unpaired) electrons. The molecule has 12 nitrogen and oxygen atoms in total. The average Bonchev–Trinajstić information content (AvgIpc) is 1.68. The van der Waals surface area contributed by atoms with Gasteiger partial charge >= 0.3 is 101 Å². The molecule has 502 valence electrons. The van der Waals surface area contributed by atoms with Crippen molar-refractivity contribution in [3.05, 3.63) is 130 Å². The van der Waals surface area contributed by atoms with Crippen LogP contribution in [0.1, 0.15) is 25.2 Å². The molecule has 0 amide bonds. The van der Waals surface area contributed by atoms with Crippen molar-refractivity contribution >= 4 is 56.7 Å². The van der Waals surface area contributed by atoms with Crippen LogP contribution in [0, 0.1) is 0 Å². The molecule has 89 heavy (non-hydrogen) atoms. The third kappa shape index (κ3) is 19.6. The number of fused-ring (bicyclic) bond motifs is 4. The minimum absolute atomic E-state index is 0. The largest absolute Gasteiger partial charge is 2.00 e. The van der Waals surface area contributed by atoms with Gasteiger partial charge in [-0.3, -0.25) is 29.1 Å². The molecular weight excluding hydrogens is 1460 g/mol. The van der Waals surface area contributed by atoms with E-state index in [1.54, 1.807) is 50.2 Å². The van der Waals surface area contributed by atoms with Crippen molar-refractivity contribution in [3.8, 4) is 0 Å². The summed E-state index contributed by atoms with van der Waals surface area (Å²) in [5.41, 5.74) is -3.27. The Morgan fingerprint density at radius 3 is 0.775 bits per heavy atom. The molecule has 1 fully saturated rings.